The van der Waals surface area contributed by atoms with Crippen LogP contribution in [-0.2, 0) is 33.4 Å². The smallest absolute Gasteiger partial charge is 0.262 e. The largest absolute Gasteiger partial charge is 0.508 e. The van der Waals surface area contributed by atoms with Crippen molar-refractivity contribution >= 4 is 45.1 Å². The molecule has 1 aromatic heterocycles. The Balaban J connectivity index is 0.777. The van der Waals surface area contributed by atoms with Gasteiger partial charge in [0.05, 0.1) is 36.4 Å². The Labute approximate surface area is 314 Å². The van der Waals surface area contributed by atoms with Crippen LogP contribution in [0.25, 0.3) is 20.5 Å². The first-order valence-electron chi connectivity index (χ1n) is 17.6. The first-order chi connectivity index (χ1) is 26.2. The molecule has 54 heavy (non-hydrogen) atoms. The average molecular weight is 755 g/mol. The zero-order chi connectivity index (χ0) is 37.6. The van der Waals surface area contributed by atoms with Crippen LogP contribution in [0, 0.1) is 0 Å². The first-order valence-corrected chi connectivity index (χ1v) is 18.4. The minimum Gasteiger partial charge on any atom is -0.508 e. The molecule has 4 amide bonds. The normalized spacial score (nSPS) is 18.4. The van der Waals surface area contributed by atoms with E-state index in [0.717, 1.165) is 25.4 Å². The molecule has 0 bridgehead atoms. The van der Waals surface area contributed by atoms with Gasteiger partial charge in [-0.15, -0.1) is 11.3 Å². The Bertz CT molecular complexity index is 2110. The molecule has 3 aromatic carbocycles. The number of nitrogens with zero attached hydrogens (tertiary/aromatic N) is 1. The zero-order valence-electron chi connectivity index (χ0n) is 29.2. The van der Waals surface area contributed by atoms with Crippen LogP contribution in [0.3, 0.4) is 0 Å². The fourth-order valence-corrected chi connectivity index (χ4v) is 7.55. The summed E-state index contributed by atoms with van der Waals surface area (Å²) in [5.41, 5.74) is 1.39. The number of hydrogen-bond acceptors (Lipinski definition) is 12. The fraction of sp³-hybridized carbons (Fsp3) is 0.300. The number of piperidine rings is 1. The van der Waals surface area contributed by atoms with Crippen LogP contribution in [0.2, 0.25) is 0 Å². The molecule has 3 heterocycles. The summed E-state index contributed by atoms with van der Waals surface area (Å²) in [4.78, 5) is 51.5. The third kappa shape index (κ3) is 8.31. The molecule has 14 heteroatoms. The molecule has 0 spiro atoms. The van der Waals surface area contributed by atoms with Gasteiger partial charge in [0.25, 0.3) is 11.8 Å². The van der Waals surface area contributed by atoms with Crippen molar-refractivity contribution in [2.45, 2.75) is 37.8 Å². The number of carbonyl (C=O) groups excluding carboxylic acids is 4. The molecule has 280 valence electrons. The highest BCUT2D eigenvalue weighted by atomic mass is 32.1. The van der Waals surface area contributed by atoms with Gasteiger partial charge in [-0.2, -0.15) is 0 Å². The lowest BCUT2D eigenvalue weighted by molar-refractivity contribution is -0.149. The quantitative estimate of drug-likeness (QED) is 0.0991. The van der Waals surface area contributed by atoms with E-state index in [4.69, 9.17) is 23.7 Å². The third-order valence-electron chi connectivity index (χ3n) is 9.05. The van der Waals surface area contributed by atoms with E-state index in [0.29, 0.717) is 69.7 Å². The highest BCUT2D eigenvalue weighted by Gasteiger charge is 2.47. The molecule has 2 saturated heterocycles. The van der Waals surface area contributed by atoms with E-state index in [-0.39, 0.29) is 41.6 Å². The van der Waals surface area contributed by atoms with E-state index in [2.05, 4.69) is 5.32 Å². The molecule has 1 aliphatic carbocycles. The summed E-state index contributed by atoms with van der Waals surface area (Å²) in [5.74, 6) is 0.191. The molecule has 2 atom stereocenters. The van der Waals surface area contributed by atoms with Crippen molar-refractivity contribution in [3.63, 3.8) is 0 Å². The number of phenolic OH excluding ortho intramolecular Hbond substituents is 2. The molecular formula is C40H38N2O11S. The van der Waals surface area contributed by atoms with E-state index in [1.54, 1.807) is 36.4 Å². The molecule has 3 aliphatic rings. The number of benzene rings is 3. The van der Waals surface area contributed by atoms with Crippen molar-refractivity contribution in [1.29, 1.82) is 0 Å². The standard InChI is InChI=1S/C40H38N2O11S/c43-25-4-2-24(3-5-25)37-36(31-12-6-26(44)22-34(31)54-37)53-28-9-7-27(8-10-28)52-21-20-50-19-18-49-16-1-17-51-29-11-13-30-32(23-29)40(48)42(39(30)47)33-14-15-35(45)41-38(33)46/h2-10,12-13,22-23,29,33,43-44H,1,11,14-21H2,(H,41,45,46). The van der Waals surface area contributed by atoms with Gasteiger partial charge >= 0.3 is 0 Å². The van der Waals surface area contributed by atoms with Crippen LogP contribution >= 0.6 is 11.3 Å². The molecule has 3 N–H and O–H groups in total. The van der Waals surface area contributed by atoms with E-state index >= 15 is 0 Å². The lowest BCUT2D eigenvalue weighted by Crippen LogP contribution is -2.54. The number of ether oxygens (including phenoxy) is 5. The van der Waals surface area contributed by atoms with Crippen molar-refractivity contribution < 1.29 is 53.1 Å². The fourth-order valence-electron chi connectivity index (χ4n) is 6.38. The minimum absolute atomic E-state index is 0.0724. The van der Waals surface area contributed by atoms with Crippen LogP contribution in [-0.4, -0.2) is 90.5 Å². The van der Waals surface area contributed by atoms with Gasteiger partial charge in [0.15, 0.2) is 5.75 Å². The molecule has 2 fully saturated rings. The molecule has 2 aliphatic heterocycles. The molecule has 13 nitrogen and oxygen atoms in total. The number of imide groups is 2. The molecule has 4 aromatic rings. The minimum atomic E-state index is -0.992. The number of thiophene rings is 1. The third-order valence-corrected chi connectivity index (χ3v) is 10.2. The maximum absolute atomic E-state index is 13.0. The molecule has 0 saturated carbocycles. The SMILES string of the molecule is O=C1CCC(N2C(=O)C3=CCC(OCCCOCCOCCOc4ccc(Oc5c(-c6ccc(O)cc6)sc6cc(O)ccc56)cc4)C=C3C2=O)C(=O)N1. The summed E-state index contributed by atoms with van der Waals surface area (Å²) in [6.07, 6.45) is 4.17. The topological polar surface area (TPSA) is 170 Å². The summed E-state index contributed by atoms with van der Waals surface area (Å²) < 4.78 is 30.2. The number of fused-ring (bicyclic) bond motifs is 2. The summed E-state index contributed by atoms with van der Waals surface area (Å²) in [6, 6.07) is 18.4. The van der Waals surface area contributed by atoms with Crippen molar-refractivity contribution in [3.05, 3.63) is 90.0 Å². The Morgan fingerprint density at radius 3 is 2.26 bits per heavy atom. The van der Waals surface area contributed by atoms with Crippen molar-refractivity contribution in [1.82, 2.24) is 10.2 Å². The maximum atomic E-state index is 13.0. The lowest BCUT2D eigenvalue weighted by Gasteiger charge is -2.27. The maximum Gasteiger partial charge on any atom is 0.262 e. The number of carbonyl (C=O) groups is 4. The Hall–Kier alpha value is -5.54. The monoisotopic (exact) mass is 754 g/mol. The number of amides is 4. The average Bonchev–Trinajstić information content (AvgIpc) is 3.63. The van der Waals surface area contributed by atoms with E-state index in [1.165, 1.54) is 11.3 Å². The van der Waals surface area contributed by atoms with Gasteiger partial charge < -0.3 is 33.9 Å². The predicted molar refractivity (Wildman–Crippen MR) is 197 cm³/mol. The van der Waals surface area contributed by atoms with E-state index < -0.39 is 29.7 Å². The highest BCUT2D eigenvalue weighted by molar-refractivity contribution is 7.22. The van der Waals surface area contributed by atoms with Gasteiger partial charge in [0.1, 0.15) is 35.6 Å². The Morgan fingerprint density at radius 1 is 0.778 bits per heavy atom. The van der Waals surface area contributed by atoms with Gasteiger partial charge in [-0.25, -0.2) is 0 Å². The second-order valence-electron chi connectivity index (χ2n) is 12.8. The molecule has 0 radical (unpaired) electrons. The van der Waals surface area contributed by atoms with E-state index in [1.807, 2.05) is 42.5 Å². The van der Waals surface area contributed by atoms with Crippen LogP contribution in [0.15, 0.2) is 90.0 Å². The number of hydrogen-bond donors (Lipinski definition) is 3. The summed E-state index contributed by atoms with van der Waals surface area (Å²) >= 11 is 1.50. The number of phenols is 2. The first kappa shape index (κ1) is 36.8. The number of rotatable bonds is 16. The molecule has 2 unspecified atom stereocenters. The van der Waals surface area contributed by atoms with Gasteiger partial charge in [-0.1, -0.05) is 6.08 Å². The van der Waals surface area contributed by atoms with Crippen LogP contribution in [0.4, 0.5) is 0 Å². The van der Waals surface area contributed by atoms with Crippen molar-refractivity contribution in [2.75, 3.05) is 39.6 Å². The predicted octanol–water partition coefficient (Wildman–Crippen LogP) is 5.39. The van der Waals surface area contributed by atoms with Gasteiger partial charge in [-0.3, -0.25) is 29.4 Å². The van der Waals surface area contributed by atoms with Crippen molar-refractivity contribution in [3.8, 4) is 39.2 Å². The summed E-state index contributed by atoms with van der Waals surface area (Å²) in [7, 11) is 0. The second-order valence-corrected chi connectivity index (χ2v) is 13.8. The van der Waals surface area contributed by atoms with Crippen LogP contribution in [0.5, 0.6) is 28.7 Å². The molecule has 7 rings (SSSR count). The van der Waals surface area contributed by atoms with Gasteiger partial charge in [0.2, 0.25) is 11.8 Å². The molecular weight excluding hydrogens is 717 g/mol. The zero-order valence-corrected chi connectivity index (χ0v) is 30.0. The number of aromatic hydroxyl groups is 2. The van der Waals surface area contributed by atoms with Crippen molar-refractivity contribution in [2.24, 2.45) is 0 Å². The second kappa shape index (κ2) is 16.6. The summed E-state index contributed by atoms with van der Waals surface area (Å²) in [5, 5.41) is 22.8. The number of likely N-dealkylation sites (tertiary alicyclic amines) is 1. The van der Waals surface area contributed by atoms with Crippen LogP contribution in [0.1, 0.15) is 25.7 Å². The lowest BCUT2D eigenvalue weighted by atomic mass is 9.98. The number of nitrogens with one attached hydrogen (secondary N) is 1. The van der Waals surface area contributed by atoms with Gasteiger partial charge in [-0.05, 0) is 97.6 Å². The highest BCUT2D eigenvalue weighted by Crippen LogP contribution is 2.47. The van der Waals surface area contributed by atoms with Crippen LogP contribution < -0.4 is 14.8 Å². The van der Waals surface area contributed by atoms with Gasteiger partial charge in [0, 0.05) is 35.3 Å². The summed E-state index contributed by atoms with van der Waals surface area (Å²) in [6.45, 7) is 2.38. The Morgan fingerprint density at radius 2 is 1.48 bits per heavy atom. The van der Waals surface area contributed by atoms with E-state index in [9.17, 15) is 29.4 Å². The Kier molecular flexibility index (Phi) is 11.3.